The molecule has 1 aromatic heterocycles. The molecule has 0 bridgehead atoms. The molecule has 0 saturated heterocycles. The van der Waals surface area contributed by atoms with Crippen molar-refractivity contribution >= 4 is 0 Å². The van der Waals surface area contributed by atoms with Gasteiger partial charge in [-0.3, -0.25) is 0 Å². The van der Waals surface area contributed by atoms with Crippen molar-refractivity contribution in [3.8, 4) is 0 Å². The van der Waals surface area contributed by atoms with Crippen LogP contribution in [0.5, 0.6) is 0 Å². The number of rotatable bonds is 4. The molecule has 0 spiro atoms. The quantitative estimate of drug-likeness (QED) is 0.798. The van der Waals surface area contributed by atoms with Gasteiger partial charge >= 0.3 is 0 Å². The highest BCUT2D eigenvalue weighted by atomic mass is 15.5. The fourth-order valence-corrected chi connectivity index (χ4v) is 2.39. The third-order valence-corrected chi connectivity index (χ3v) is 3.18. The van der Waals surface area contributed by atoms with Crippen molar-refractivity contribution in [1.82, 2.24) is 25.5 Å². The highest BCUT2D eigenvalue weighted by molar-refractivity contribution is 4.82. The zero-order valence-corrected chi connectivity index (χ0v) is 9.48. The van der Waals surface area contributed by atoms with E-state index in [0.29, 0.717) is 0 Å². The molecular formula is C10H19N5. The summed E-state index contributed by atoms with van der Waals surface area (Å²) in [5.74, 6) is 2.58. The molecule has 0 radical (unpaired) electrons. The molecule has 0 aliphatic heterocycles. The van der Waals surface area contributed by atoms with Crippen molar-refractivity contribution in [3.05, 3.63) is 5.82 Å². The van der Waals surface area contributed by atoms with E-state index in [1.807, 2.05) is 11.7 Å². The molecule has 2 unspecified atom stereocenters. The number of aromatic nitrogens is 4. The van der Waals surface area contributed by atoms with Gasteiger partial charge in [0.2, 0.25) is 0 Å². The molecule has 2 atom stereocenters. The topological polar surface area (TPSA) is 55.6 Å². The van der Waals surface area contributed by atoms with Crippen LogP contribution in [0.15, 0.2) is 0 Å². The van der Waals surface area contributed by atoms with E-state index in [0.717, 1.165) is 30.7 Å². The third-order valence-electron chi connectivity index (χ3n) is 3.18. The first kappa shape index (κ1) is 10.5. The van der Waals surface area contributed by atoms with Crippen molar-refractivity contribution in [2.75, 3.05) is 7.05 Å². The van der Waals surface area contributed by atoms with Gasteiger partial charge in [-0.1, -0.05) is 13.3 Å². The summed E-state index contributed by atoms with van der Waals surface area (Å²) in [6, 6.07) is 0. The molecule has 0 amide bonds. The molecule has 1 aliphatic carbocycles. The maximum Gasteiger partial charge on any atom is 0.165 e. The highest BCUT2D eigenvalue weighted by Gasteiger charge is 2.22. The van der Waals surface area contributed by atoms with Crippen molar-refractivity contribution < 1.29 is 0 Å². The molecule has 5 heteroatoms. The van der Waals surface area contributed by atoms with E-state index < -0.39 is 0 Å². The molecule has 0 aromatic carbocycles. The summed E-state index contributed by atoms with van der Waals surface area (Å²) in [5.41, 5.74) is 0. The summed E-state index contributed by atoms with van der Waals surface area (Å²) in [4.78, 5) is 0. The van der Waals surface area contributed by atoms with E-state index in [1.54, 1.807) is 0 Å². The van der Waals surface area contributed by atoms with Crippen molar-refractivity contribution in [2.45, 2.75) is 39.3 Å². The monoisotopic (exact) mass is 209 g/mol. The van der Waals surface area contributed by atoms with Crippen LogP contribution in [0.3, 0.4) is 0 Å². The van der Waals surface area contributed by atoms with Crippen LogP contribution in [0.2, 0.25) is 0 Å². The van der Waals surface area contributed by atoms with Gasteiger partial charge in [-0.05, 0) is 42.2 Å². The molecule has 1 fully saturated rings. The Labute approximate surface area is 90.2 Å². The normalized spacial score (nSPS) is 26.0. The first-order valence-electron chi connectivity index (χ1n) is 5.69. The minimum absolute atomic E-state index is 0.745. The van der Waals surface area contributed by atoms with Crippen molar-refractivity contribution in [1.29, 1.82) is 0 Å². The Morgan fingerprint density at radius 1 is 1.47 bits per heavy atom. The van der Waals surface area contributed by atoms with Gasteiger partial charge < -0.3 is 5.32 Å². The smallest absolute Gasteiger partial charge is 0.165 e. The first-order chi connectivity index (χ1) is 7.29. The summed E-state index contributed by atoms with van der Waals surface area (Å²) < 4.78 is 1.94. The minimum Gasteiger partial charge on any atom is -0.313 e. The average molecular weight is 209 g/mol. The van der Waals surface area contributed by atoms with Crippen LogP contribution in [0, 0.1) is 11.8 Å². The molecule has 1 aromatic rings. The Kier molecular flexibility index (Phi) is 3.30. The van der Waals surface area contributed by atoms with Gasteiger partial charge in [-0.15, -0.1) is 5.10 Å². The van der Waals surface area contributed by atoms with Gasteiger partial charge in [0.25, 0.3) is 0 Å². The molecule has 15 heavy (non-hydrogen) atoms. The van der Waals surface area contributed by atoms with E-state index in [2.05, 4.69) is 27.8 Å². The van der Waals surface area contributed by atoms with Crippen LogP contribution in [-0.4, -0.2) is 27.3 Å². The number of tetrazole rings is 1. The van der Waals surface area contributed by atoms with E-state index in [9.17, 15) is 0 Å². The van der Waals surface area contributed by atoms with Crippen molar-refractivity contribution in [3.63, 3.8) is 0 Å². The maximum absolute atomic E-state index is 4.04. The van der Waals surface area contributed by atoms with Gasteiger partial charge in [-0.25, -0.2) is 4.68 Å². The lowest BCUT2D eigenvalue weighted by Crippen LogP contribution is -2.16. The molecule has 1 saturated carbocycles. The Morgan fingerprint density at radius 2 is 2.33 bits per heavy atom. The van der Waals surface area contributed by atoms with Gasteiger partial charge in [0, 0.05) is 6.54 Å². The number of nitrogens with zero attached hydrogens (tertiary/aromatic N) is 4. The number of hydrogen-bond acceptors (Lipinski definition) is 4. The fraction of sp³-hybridized carbons (Fsp3) is 0.900. The Balaban J connectivity index is 1.95. The Hall–Kier alpha value is -0.970. The molecule has 1 N–H and O–H groups in total. The largest absolute Gasteiger partial charge is 0.313 e. The highest BCUT2D eigenvalue weighted by Crippen LogP contribution is 2.31. The zero-order valence-electron chi connectivity index (χ0n) is 9.48. The van der Waals surface area contributed by atoms with Crippen LogP contribution < -0.4 is 5.32 Å². The van der Waals surface area contributed by atoms with E-state index in [1.165, 1.54) is 19.3 Å². The summed E-state index contributed by atoms with van der Waals surface area (Å²) >= 11 is 0. The SMILES string of the molecule is CNCc1nnnn1CC1CCC(C)C1. The first-order valence-corrected chi connectivity index (χ1v) is 5.69. The Bertz CT molecular complexity index is 309. The van der Waals surface area contributed by atoms with Crippen LogP contribution in [-0.2, 0) is 13.1 Å². The summed E-state index contributed by atoms with van der Waals surface area (Å²) in [7, 11) is 1.91. The zero-order chi connectivity index (χ0) is 10.7. The molecule has 1 aliphatic rings. The second kappa shape index (κ2) is 4.70. The fourth-order valence-electron chi connectivity index (χ4n) is 2.39. The van der Waals surface area contributed by atoms with Gasteiger partial charge in [0.05, 0.1) is 6.54 Å². The van der Waals surface area contributed by atoms with Gasteiger partial charge in [0.1, 0.15) is 0 Å². The number of hydrogen-bond donors (Lipinski definition) is 1. The Morgan fingerprint density at radius 3 is 3.00 bits per heavy atom. The summed E-state index contributed by atoms with van der Waals surface area (Å²) in [6.07, 6.45) is 3.99. The second-order valence-corrected chi connectivity index (χ2v) is 4.59. The van der Waals surface area contributed by atoms with Crippen LogP contribution in [0.1, 0.15) is 32.0 Å². The minimum atomic E-state index is 0.745. The van der Waals surface area contributed by atoms with Crippen LogP contribution in [0.4, 0.5) is 0 Å². The average Bonchev–Trinajstić information content (AvgIpc) is 2.78. The summed E-state index contributed by atoms with van der Waals surface area (Å²) in [5, 5.41) is 14.9. The molecule has 84 valence electrons. The lowest BCUT2D eigenvalue weighted by Gasteiger charge is -2.10. The third kappa shape index (κ3) is 2.53. The maximum atomic E-state index is 4.04. The lowest BCUT2D eigenvalue weighted by atomic mass is 10.1. The van der Waals surface area contributed by atoms with E-state index >= 15 is 0 Å². The second-order valence-electron chi connectivity index (χ2n) is 4.59. The number of nitrogens with one attached hydrogen (secondary N) is 1. The van der Waals surface area contributed by atoms with E-state index in [-0.39, 0.29) is 0 Å². The van der Waals surface area contributed by atoms with Crippen molar-refractivity contribution in [2.24, 2.45) is 11.8 Å². The molecule has 2 rings (SSSR count). The van der Waals surface area contributed by atoms with Crippen LogP contribution in [0.25, 0.3) is 0 Å². The van der Waals surface area contributed by atoms with Gasteiger partial charge in [0.15, 0.2) is 5.82 Å². The molecule has 1 heterocycles. The standard InChI is InChI=1S/C10H19N5/c1-8-3-4-9(5-8)7-15-10(6-11-2)12-13-14-15/h8-9,11H,3-7H2,1-2H3. The lowest BCUT2D eigenvalue weighted by molar-refractivity contribution is 0.399. The predicted molar refractivity (Wildman–Crippen MR) is 57.1 cm³/mol. The molecular weight excluding hydrogens is 190 g/mol. The van der Waals surface area contributed by atoms with Crippen LogP contribution >= 0.6 is 0 Å². The van der Waals surface area contributed by atoms with Gasteiger partial charge in [-0.2, -0.15) is 0 Å². The van der Waals surface area contributed by atoms with E-state index in [4.69, 9.17) is 0 Å². The molecule has 5 nitrogen and oxygen atoms in total. The predicted octanol–water partition coefficient (Wildman–Crippen LogP) is 0.829. The summed E-state index contributed by atoms with van der Waals surface area (Å²) in [6.45, 7) is 4.05.